The Hall–Kier alpha value is -0.120. The van der Waals surface area contributed by atoms with Gasteiger partial charge in [0.25, 0.3) is 0 Å². The van der Waals surface area contributed by atoms with Crippen LogP contribution < -0.4 is 5.73 Å². The van der Waals surface area contributed by atoms with Crippen LogP contribution in [0.1, 0.15) is 52.9 Å². The van der Waals surface area contributed by atoms with E-state index in [1.165, 1.54) is 58.3 Å². The average molecular weight is 267 g/mol. The monoisotopic (exact) mass is 267 g/mol. The third-order valence-electron chi connectivity index (χ3n) is 4.87. The first-order valence-corrected chi connectivity index (χ1v) is 8.30. The molecular weight excluding hydrogens is 234 g/mol. The van der Waals surface area contributed by atoms with Crippen LogP contribution in [0.25, 0.3) is 0 Å². The van der Waals surface area contributed by atoms with E-state index in [-0.39, 0.29) is 0 Å². The fraction of sp³-hybridized carbons (Fsp3) is 1.00. The molecule has 0 amide bonds. The van der Waals surface area contributed by atoms with Gasteiger partial charge in [0.2, 0.25) is 0 Å². The second-order valence-corrected chi connectivity index (χ2v) is 7.05. The number of likely N-dealkylation sites (tertiary alicyclic amines) is 1. The van der Waals surface area contributed by atoms with Gasteiger partial charge in [-0.2, -0.15) is 0 Å². The maximum atomic E-state index is 6.24. The zero-order valence-corrected chi connectivity index (χ0v) is 13.2. The number of nitrogens with two attached hydrogens (primary N) is 1. The SMILES string of the molecule is CCCN1CCC(CN)(N(CC(C)C)C2CC2)CC1. The Balaban J connectivity index is 2.00. The third kappa shape index (κ3) is 3.71. The van der Waals surface area contributed by atoms with Crippen molar-refractivity contribution in [3.8, 4) is 0 Å². The molecule has 19 heavy (non-hydrogen) atoms. The second-order valence-electron chi connectivity index (χ2n) is 7.05. The molecule has 3 nitrogen and oxygen atoms in total. The molecule has 0 bridgehead atoms. The van der Waals surface area contributed by atoms with Crippen LogP contribution in [-0.4, -0.2) is 54.1 Å². The van der Waals surface area contributed by atoms with Crippen LogP contribution >= 0.6 is 0 Å². The predicted octanol–water partition coefficient (Wildman–Crippen LogP) is 2.31. The first-order chi connectivity index (χ1) is 9.11. The number of rotatable bonds is 7. The quantitative estimate of drug-likeness (QED) is 0.768. The zero-order valence-electron chi connectivity index (χ0n) is 13.2. The molecule has 1 aliphatic carbocycles. The van der Waals surface area contributed by atoms with Crippen LogP contribution in [0.5, 0.6) is 0 Å². The lowest BCUT2D eigenvalue weighted by atomic mass is 9.84. The first kappa shape index (κ1) is 15.3. The van der Waals surface area contributed by atoms with Crippen LogP contribution in [0.4, 0.5) is 0 Å². The highest BCUT2D eigenvalue weighted by atomic mass is 15.3. The summed E-state index contributed by atoms with van der Waals surface area (Å²) in [6.07, 6.45) is 6.60. The Morgan fingerprint density at radius 2 is 1.89 bits per heavy atom. The number of piperidine rings is 1. The molecule has 2 N–H and O–H groups in total. The van der Waals surface area contributed by atoms with Crippen molar-refractivity contribution in [3.63, 3.8) is 0 Å². The molecule has 0 radical (unpaired) electrons. The van der Waals surface area contributed by atoms with Crippen molar-refractivity contribution in [1.82, 2.24) is 9.80 Å². The van der Waals surface area contributed by atoms with Gasteiger partial charge in [-0.3, -0.25) is 4.90 Å². The lowest BCUT2D eigenvalue weighted by Crippen LogP contribution is -2.60. The van der Waals surface area contributed by atoms with Gasteiger partial charge in [-0.1, -0.05) is 20.8 Å². The normalized spacial score (nSPS) is 24.3. The summed E-state index contributed by atoms with van der Waals surface area (Å²) in [6.45, 7) is 12.8. The van der Waals surface area contributed by atoms with Gasteiger partial charge in [0, 0.05) is 24.7 Å². The number of hydrogen-bond acceptors (Lipinski definition) is 3. The van der Waals surface area contributed by atoms with E-state index in [1.54, 1.807) is 0 Å². The molecule has 0 aromatic heterocycles. The molecule has 1 saturated heterocycles. The van der Waals surface area contributed by atoms with Crippen LogP contribution in [0, 0.1) is 5.92 Å². The summed E-state index contributed by atoms with van der Waals surface area (Å²) in [7, 11) is 0. The van der Waals surface area contributed by atoms with Gasteiger partial charge >= 0.3 is 0 Å². The third-order valence-corrected chi connectivity index (χ3v) is 4.87. The molecular formula is C16H33N3. The van der Waals surface area contributed by atoms with Crippen molar-refractivity contribution in [2.45, 2.75) is 64.5 Å². The fourth-order valence-corrected chi connectivity index (χ4v) is 3.63. The van der Waals surface area contributed by atoms with E-state index in [2.05, 4.69) is 30.6 Å². The number of hydrogen-bond donors (Lipinski definition) is 1. The largest absolute Gasteiger partial charge is 0.329 e. The Morgan fingerprint density at radius 1 is 1.26 bits per heavy atom. The lowest BCUT2D eigenvalue weighted by Gasteiger charge is -2.49. The van der Waals surface area contributed by atoms with Crippen LogP contribution in [-0.2, 0) is 0 Å². The second kappa shape index (κ2) is 6.55. The highest BCUT2D eigenvalue weighted by molar-refractivity contribution is 5.02. The van der Waals surface area contributed by atoms with E-state index < -0.39 is 0 Å². The minimum Gasteiger partial charge on any atom is -0.329 e. The van der Waals surface area contributed by atoms with Gasteiger partial charge in [-0.15, -0.1) is 0 Å². The minimum atomic E-state index is 0.301. The van der Waals surface area contributed by atoms with E-state index in [0.29, 0.717) is 5.54 Å². The van der Waals surface area contributed by atoms with Gasteiger partial charge < -0.3 is 10.6 Å². The fourth-order valence-electron chi connectivity index (χ4n) is 3.63. The minimum absolute atomic E-state index is 0.301. The molecule has 3 heteroatoms. The standard InChI is InChI=1S/C16H33N3/c1-4-9-18-10-7-16(13-17,8-11-18)19(12-14(2)3)15-5-6-15/h14-15H,4-13,17H2,1-3H3. The van der Waals surface area contributed by atoms with Gasteiger partial charge in [-0.25, -0.2) is 0 Å². The average Bonchev–Trinajstić information content (AvgIpc) is 3.22. The summed E-state index contributed by atoms with van der Waals surface area (Å²) in [5.74, 6) is 0.748. The topological polar surface area (TPSA) is 32.5 Å². The van der Waals surface area contributed by atoms with Crippen LogP contribution in [0.2, 0.25) is 0 Å². The van der Waals surface area contributed by atoms with Gasteiger partial charge in [-0.05, 0) is 57.7 Å². The molecule has 0 aromatic rings. The summed E-state index contributed by atoms with van der Waals surface area (Å²) in [4.78, 5) is 5.41. The highest BCUT2D eigenvalue weighted by Crippen LogP contribution is 2.38. The van der Waals surface area contributed by atoms with Crippen LogP contribution in [0.3, 0.4) is 0 Å². The van der Waals surface area contributed by atoms with Crippen molar-refractivity contribution in [1.29, 1.82) is 0 Å². The Bertz CT molecular complexity index is 265. The van der Waals surface area contributed by atoms with Crippen LogP contribution in [0.15, 0.2) is 0 Å². The van der Waals surface area contributed by atoms with Crippen molar-refractivity contribution in [3.05, 3.63) is 0 Å². The van der Waals surface area contributed by atoms with Crippen molar-refractivity contribution < 1.29 is 0 Å². The zero-order chi connectivity index (χ0) is 13.9. The summed E-state index contributed by atoms with van der Waals surface area (Å²) in [5.41, 5.74) is 6.54. The lowest BCUT2D eigenvalue weighted by molar-refractivity contribution is 0.0128. The van der Waals surface area contributed by atoms with E-state index in [1.807, 2.05) is 0 Å². The summed E-state index contributed by atoms with van der Waals surface area (Å²) < 4.78 is 0. The van der Waals surface area contributed by atoms with Crippen molar-refractivity contribution >= 4 is 0 Å². The van der Waals surface area contributed by atoms with E-state index in [9.17, 15) is 0 Å². The predicted molar refractivity (Wildman–Crippen MR) is 82.3 cm³/mol. The van der Waals surface area contributed by atoms with Gasteiger partial charge in [0.05, 0.1) is 0 Å². The molecule has 0 aromatic carbocycles. The molecule has 2 aliphatic rings. The molecule has 1 heterocycles. The molecule has 2 rings (SSSR count). The molecule has 1 saturated carbocycles. The molecule has 2 fully saturated rings. The first-order valence-electron chi connectivity index (χ1n) is 8.30. The molecule has 0 unspecified atom stereocenters. The summed E-state index contributed by atoms with van der Waals surface area (Å²) in [5, 5.41) is 0. The van der Waals surface area contributed by atoms with Gasteiger partial charge in [0.1, 0.15) is 0 Å². The van der Waals surface area contributed by atoms with Gasteiger partial charge in [0.15, 0.2) is 0 Å². The smallest absolute Gasteiger partial charge is 0.0359 e. The van der Waals surface area contributed by atoms with E-state index >= 15 is 0 Å². The Labute approximate surface area is 119 Å². The van der Waals surface area contributed by atoms with Crippen molar-refractivity contribution in [2.24, 2.45) is 11.7 Å². The maximum absolute atomic E-state index is 6.24. The maximum Gasteiger partial charge on any atom is 0.0359 e. The summed E-state index contributed by atoms with van der Waals surface area (Å²) >= 11 is 0. The van der Waals surface area contributed by atoms with Crippen molar-refractivity contribution in [2.75, 3.05) is 32.7 Å². The molecule has 112 valence electrons. The highest BCUT2D eigenvalue weighted by Gasteiger charge is 2.44. The molecule has 0 atom stereocenters. The Kier molecular flexibility index (Phi) is 5.27. The Morgan fingerprint density at radius 3 is 2.32 bits per heavy atom. The molecule has 0 spiro atoms. The molecule has 1 aliphatic heterocycles. The van der Waals surface area contributed by atoms with E-state index in [4.69, 9.17) is 5.73 Å². The van der Waals surface area contributed by atoms with E-state index in [0.717, 1.165) is 18.5 Å². The summed E-state index contributed by atoms with van der Waals surface area (Å²) in [6, 6.07) is 0.837. The number of nitrogens with zero attached hydrogens (tertiary/aromatic N) is 2.